The topological polar surface area (TPSA) is 63.3 Å². The van der Waals surface area contributed by atoms with Gasteiger partial charge in [-0.3, -0.25) is 0 Å². The molecule has 0 aliphatic carbocycles. The highest BCUT2D eigenvalue weighted by atomic mass is 16.4. The van der Waals surface area contributed by atoms with Gasteiger partial charge in [0.1, 0.15) is 5.52 Å². The van der Waals surface area contributed by atoms with Crippen LogP contribution in [0.3, 0.4) is 0 Å². The Morgan fingerprint density at radius 1 is 1.54 bits per heavy atom. The third-order valence-corrected chi connectivity index (χ3v) is 1.74. The quantitative estimate of drug-likeness (QED) is 0.721. The van der Waals surface area contributed by atoms with Crippen molar-refractivity contribution in [2.45, 2.75) is 6.92 Å². The highest BCUT2D eigenvalue weighted by Gasteiger charge is 2.06. The molecule has 0 aliphatic rings. The molecule has 0 radical (unpaired) electrons. The molecular weight excluding hydrogens is 170 g/mol. The van der Waals surface area contributed by atoms with Gasteiger partial charge >= 0.3 is 5.97 Å². The molecule has 4 nitrogen and oxygen atoms in total. The summed E-state index contributed by atoms with van der Waals surface area (Å²) in [5.74, 6) is -0.417. The Labute approximate surface area is 73.8 Å². The van der Waals surface area contributed by atoms with E-state index in [1.54, 1.807) is 13.0 Å². The number of fused-ring (bicyclic) bond motifs is 1. The van der Waals surface area contributed by atoms with Gasteiger partial charge in [-0.2, -0.15) is 0 Å². The van der Waals surface area contributed by atoms with Crippen LogP contribution in [-0.2, 0) is 0 Å². The maximum Gasteiger partial charge on any atom is 0.335 e. The lowest BCUT2D eigenvalue weighted by Crippen LogP contribution is -1.94. The Hall–Kier alpha value is -1.84. The number of aryl methyl sites for hydroxylation is 1. The number of rotatable bonds is 1. The third-order valence-electron chi connectivity index (χ3n) is 1.74. The number of aromatic nitrogens is 1. The molecule has 0 spiro atoms. The van der Waals surface area contributed by atoms with Gasteiger partial charge in [-0.1, -0.05) is 0 Å². The van der Waals surface area contributed by atoms with Crippen molar-refractivity contribution < 1.29 is 14.3 Å². The van der Waals surface area contributed by atoms with Crippen LogP contribution in [0.15, 0.2) is 22.6 Å². The molecule has 0 aliphatic heterocycles. The second-order valence-electron chi connectivity index (χ2n) is 2.72. The molecule has 0 atom stereocenters. The van der Waals surface area contributed by atoms with Gasteiger partial charge < -0.3 is 9.52 Å². The lowest BCUT2D eigenvalue weighted by molar-refractivity contribution is 0.0697. The summed E-state index contributed by atoms with van der Waals surface area (Å²) in [7, 11) is 0. The molecule has 4 heteroatoms. The molecule has 1 heterocycles. The van der Waals surface area contributed by atoms with E-state index in [1.165, 1.54) is 12.1 Å². The molecule has 0 bridgehead atoms. The van der Waals surface area contributed by atoms with Crippen LogP contribution < -0.4 is 0 Å². The van der Waals surface area contributed by atoms with E-state index in [1.807, 2.05) is 0 Å². The molecule has 0 amide bonds. The van der Waals surface area contributed by atoms with E-state index in [9.17, 15) is 4.79 Å². The first-order valence-electron chi connectivity index (χ1n) is 3.77. The molecule has 0 saturated heterocycles. The normalized spacial score (nSPS) is 10.5. The molecule has 2 aromatic rings. The van der Waals surface area contributed by atoms with Crippen LogP contribution >= 0.6 is 0 Å². The van der Waals surface area contributed by atoms with E-state index in [0.717, 1.165) is 0 Å². The summed E-state index contributed by atoms with van der Waals surface area (Å²) >= 11 is 0. The number of benzene rings is 1. The van der Waals surface area contributed by atoms with E-state index < -0.39 is 5.97 Å². The fourth-order valence-corrected chi connectivity index (χ4v) is 1.18. The Bertz CT molecular complexity index is 473. The predicted molar refractivity (Wildman–Crippen MR) is 45.7 cm³/mol. The standard InChI is InChI=1S/C9H7NO3/c1-5-10-7-4-6(9(11)12)2-3-8(7)13-5/h2-4H,1H3,(H,11,12). The van der Waals surface area contributed by atoms with Crippen molar-refractivity contribution >= 4 is 17.1 Å². The number of nitrogens with zero attached hydrogens (tertiary/aromatic N) is 1. The van der Waals surface area contributed by atoms with Gasteiger partial charge in [-0.15, -0.1) is 0 Å². The minimum atomic E-state index is -0.956. The van der Waals surface area contributed by atoms with Crippen LogP contribution in [-0.4, -0.2) is 16.1 Å². The first-order chi connectivity index (χ1) is 6.16. The summed E-state index contributed by atoms with van der Waals surface area (Å²) in [5, 5.41) is 8.69. The summed E-state index contributed by atoms with van der Waals surface area (Å²) in [5.41, 5.74) is 1.42. The highest BCUT2D eigenvalue weighted by molar-refractivity contribution is 5.91. The summed E-state index contributed by atoms with van der Waals surface area (Å²) in [6.07, 6.45) is 0. The Balaban J connectivity index is 2.67. The average molecular weight is 177 g/mol. The van der Waals surface area contributed by atoms with E-state index in [2.05, 4.69) is 4.98 Å². The van der Waals surface area contributed by atoms with Crippen LogP contribution in [0.1, 0.15) is 16.2 Å². The molecule has 66 valence electrons. The lowest BCUT2D eigenvalue weighted by Gasteiger charge is -1.91. The predicted octanol–water partition coefficient (Wildman–Crippen LogP) is 1.83. The second-order valence-corrected chi connectivity index (χ2v) is 2.72. The molecule has 2 rings (SSSR count). The number of carboxylic acids is 1. The maximum absolute atomic E-state index is 10.6. The number of oxazole rings is 1. The second kappa shape index (κ2) is 2.58. The number of carboxylic acid groups (broad SMARTS) is 1. The largest absolute Gasteiger partial charge is 0.478 e. The van der Waals surface area contributed by atoms with Gasteiger partial charge in [-0.25, -0.2) is 9.78 Å². The highest BCUT2D eigenvalue weighted by Crippen LogP contribution is 2.16. The molecule has 1 aromatic heterocycles. The minimum absolute atomic E-state index is 0.223. The minimum Gasteiger partial charge on any atom is -0.478 e. The number of hydrogen-bond acceptors (Lipinski definition) is 3. The van der Waals surface area contributed by atoms with Gasteiger partial charge in [0.25, 0.3) is 0 Å². The number of aromatic carboxylic acids is 1. The van der Waals surface area contributed by atoms with Crippen LogP contribution in [0.5, 0.6) is 0 Å². The lowest BCUT2D eigenvalue weighted by atomic mass is 10.2. The molecule has 0 fully saturated rings. The molecule has 1 N–H and O–H groups in total. The van der Waals surface area contributed by atoms with Crippen molar-refractivity contribution in [3.05, 3.63) is 29.7 Å². The monoisotopic (exact) mass is 177 g/mol. The maximum atomic E-state index is 10.6. The first kappa shape index (κ1) is 7.79. The van der Waals surface area contributed by atoms with E-state index in [-0.39, 0.29) is 5.56 Å². The fraction of sp³-hybridized carbons (Fsp3) is 0.111. The van der Waals surface area contributed by atoms with Gasteiger partial charge in [0.15, 0.2) is 11.5 Å². The summed E-state index contributed by atoms with van der Waals surface area (Å²) < 4.78 is 5.20. The van der Waals surface area contributed by atoms with Crippen molar-refractivity contribution in [3.8, 4) is 0 Å². The SMILES string of the molecule is Cc1nc2cc(C(=O)O)ccc2o1. The summed E-state index contributed by atoms with van der Waals surface area (Å²) in [4.78, 5) is 14.6. The zero-order valence-electron chi connectivity index (χ0n) is 6.94. The number of hydrogen-bond donors (Lipinski definition) is 1. The Kier molecular flexibility index (Phi) is 1.55. The van der Waals surface area contributed by atoms with Crippen molar-refractivity contribution in [1.82, 2.24) is 4.98 Å². The Morgan fingerprint density at radius 2 is 2.31 bits per heavy atom. The summed E-state index contributed by atoms with van der Waals surface area (Å²) in [6.45, 7) is 1.72. The van der Waals surface area contributed by atoms with Crippen LogP contribution in [0.4, 0.5) is 0 Å². The molecule has 0 saturated carbocycles. The third kappa shape index (κ3) is 1.26. The fourth-order valence-electron chi connectivity index (χ4n) is 1.18. The van der Waals surface area contributed by atoms with Crippen molar-refractivity contribution in [3.63, 3.8) is 0 Å². The summed E-state index contributed by atoms with van der Waals surface area (Å²) in [6, 6.07) is 4.60. The molecule has 0 unspecified atom stereocenters. The van der Waals surface area contributed by atoms with Gasteiger partial charge in [0.2, 0.25) is 0 Å². The van der Waals surface area contributed by atoms with E-state index in [0.29, 0.717) is 17.0 Å². The zero-order chi connectivity index (χ0) is 9.42. The van der Waals surface area contributed by atoms with Crippen molar-refractivity contribution in [1.29, 1.82) is 0 Å². The molecule has 13 heavy (non-hydrogen) atoms. The Morgan fingerprint density at radius 3 is 3.00 bits per heavy atom. The van der Waals surface area contributed by atoms with Crippen LogP contribution in [0.2, 0.25) is 0 Å². The van der Waals surface area contributed by atoms with E-state index >= 15 is 0 Å². The van der Waals surface area contributed by atoms with E-state index in [4.69, 9.17) is 9.52 Å². The number of carbonyl (C=O) groups is 1. The zero-order valence-corrected chi connectivity index (χ0v) is 6.94. The van der Waals surface area contributed by atoms with Crippen molar-refractivity contribution in [2.24, 2.45) is 0 Å². The average Bonchev–Trinajstić information content (AvgIpc) is 2.42. The van der Waals surface area contributed by atoms with Crippen LogP contribution in [0, 0.1) is 6.92 Å². The van der Waals surface area contributed by atoms with Crippen molar-refractivity contribution in [2.75, 3.05) is 0 Å². The molecule has 1 aromatic carbocycles. The molecular formula is C9H7NO3. The van der Waals surface area contributed by atoms with Gasteiger partial charge in [0, 0.05) is 6.92 Å². The first-order valence-corrected chi connectivity index (χ1v) is 3.77. The van der Waals surface area contributed by atoms with Gasteiger partial charge in [-0.05, 0) is 18.2 Å². The van der Waals surface area contributed by atoms with Crippen LogP contribution in [0.25, 0.3) is 11.1 Å². The smallest absolute Gasteiger partial charge is 0.335 e. The van der Waals surface area contributed by atoms with Gasteiger partial charge in [0.05, 0.1) is 5.56 Å².